The third kappa shape index (κ3) is 13.8. The highest BCUT2D eigenvalue weighted by Crippen LogP contribution is 2.34. The molecule has 0 aromatic heterocycles. The van der Waals surface area contributed by atoms with E-state index < -0.39 is 53.7 Å². The standard InChI is InChI=1S/C41H66N6O10/c1-41(2,3)57-40(53)46-24-22-45(23-25-46)39(52)47-33(35(49)54-26-29-14-7-4-8-15-29)32(34(47)48)20-13-21-42-36(43-37(50)55-27-30-16-9-5-10-17-30)44-38(51)56-28-31-18-11-6-12-19-31/h29-33H,4-28H2,1-3H3,(H2,42,43,44,50,51)/t32-,33?/m1/s1. The summed E-state index contributed by atoms with van der Waals surface area (Å²) in [4.78, 5) is 87.6. The fourth-order valence-corrected chi connectivity index (χ4v) is 8.48. The molecule has 5 aliphatic rings. The summed E-state index contributed by atoms with van der Waals surface area (Å²) in [5.74, 6) is -1.17. The highest BCUT2D eigenvalue weighted by molar-refractivity contribution is 6.08. The van der Waals surface area contributed by atoms with E-state index in [9.17, 15) is 28.8 Å². The van der Waals surface area contributed by atoms with Gasteiger partial charge in [0, 0.05) is 32.7 Å². The number of piperazine rings is 1. The number of hydrogen-bond acceptors (Lipinski definition) is 11. The molecule has 2 heterocycles. The number of ether oxygens (including phenoxy) is 4. The van der Waals surface area contributed by atoms with Crippen molar-refractivity contribution in [3.8, 4) is 0 Å². The maximum absolute atomic E-state index is 13.8. The van der Waals surface area contributed by atoms with Crippen LogP contribution in [0.2, 0.25) is 0 Å². The Balaban J connectivity index is 1.18. The number of nitrogens with one attached hydrogen (secondary N) is 2. The lowest BCUT2D eigenvalue weighted by Gasteiger charge is -2.46. The van der Waals surface area contributed by atoms with Crippen LogP contribution in [0.15, 0.2) is 4.99 Å². The van der Waals surface area contributed by atoms with E-state index in [0.29, 0.717) is 18.3 Å². The lowest BCUT2D eigenvalue weighted by Crippen LogP contribution is -2.69. The Labute approximate surface area is 337 Å². The van der Waals surface area contributed by atoms with Crippen molar-refractivity contribution in [1.29, 1.82) is 0 Å². The number of likely N-dealkylation sites (tertiary alicyclic amines) is 1. The first-order valence-corrected chi connectivity index (χ1v) is 21.6. The van der Waals surface area contributed by atoms with Crippen LogP contribution in [-0.4, -0.2) is 121 Å². The van der Waals surface area contributed by atoms with E-state index in [-0.39, 0.29) is 70.8 Å². The Hall–Kier alpha value is -4.11. The number of nitrogens with zero attached hydrogens (tertiary/aromatic N) is 4. The molecule has 0 bridgehead atoms. The van der Waals surface area contributed by atoms with E-state index in [2.05, 4.69) is 15.6 Å². The van der Waals surface area contributed by atoms with Crippen LogP contribution >= 0.6 is 0 Å². The van der Waals surface area contributed by atoms with Gasteiger partial charge in [0.25, 0.3) is 0 Å². The minimum absolute atomic E-state index is 0.0926. The van der Waals surface area contributed by atoms with E-state index in [0.717, 1.165) is 88.4 Å². The van der Waals surface area contributed by atoms with Crippen LogP contribution in [-0.2, 0) is 28.5 Å². The number of imide groups is 1. The summed E-state index contributed by atoms with van der Waals surface area (Å²) >= 11 is 0. The molecule has 0 aromatic rings. The zero-order valence-corrected chi connectivity index (χ0v) is 34.4. The second-order valence-electron chi connectivity index (χ2n) is 17.5. The highest BCUT2D eigenvalue weighted by Gasteiger charge is 2.56. The van der Waals surface area contributed by atoms with Crippen molar-refractivity contribution < 1.29 is 47.7 Å². The van der Waals surface area contributed by atoms with Gasteiger partial charge in [-0.1, -0.05) is 57.8 Å². The molecule has 5 fully saturated rings. The number of carbonyl (C=O) groups is 6. The van der Waals surface area contributed by atoms with Crippen LogP contribution < -0.4 is 10.6 Å². The average molecular weight is 803 g/mol. The van der Waals surface area contributed by atoms with Gasteiger partial charge in [-0.3, -0.25) is 20.4 Å². The van der Waals surface area contributed by atoms with Gasteiger partial charge in [0.15, 0.2) is 6.04 Å². The topological polar surface area (TPSA) is 185 Å². The van der Waals surface area contributed by atoms with Crippen molar-refractivity contribution >= 4 is 42.1 Å². The lowest BCUT2D eigenvalue weighted by atomic mass is 9.83. The smallest absolute Gasteiger partial charge is 0.413 e. The number of esters is 1. The van der Waals surface area contributed by atoms with Gasteiger partial charge in [-0.2, -0.15) is 0 Å². The highest BCUT2D eigenvalue weighted by atomic mass is 16.6. The number of aliphatic imine (C=N–C) groups is 1. The van der Waals surface area contributed by atoms with E-state index in [4.69, 9.17) is 18.9 Å². The second-order valence-corrected chi connectivity index (χ2v) is 17.5. The molecule has 0 radical (unpaired) electrons. The Bertz CT molecular complexity index is 1370. The number of alkyl carbamates (subject to hydrolysis) is 2. The third-order valence-electron chi connectivity index (χ3n) is 11.8. The van der Waals surface area contributed by atoms with Crippen LogP contribution in [0.25, 0.3) is 0 Å². The number of rotatable bonds is 11. The van der Waals surface area contributed by atoms with Gasteiger partial charge in [-0.05, 0) is 89.9 Å². The molecule has 0 spiro atoms. The van der Waals surface area contributed by atoms with E-state index in [1.54, 1.807) is 20.8 Å². The zero-order chi connectivity index (χ0) is 40.8. The second kappa shape index (κ2) is 21.6. The Morgan fingerprint density at radius 1 is 0.667 bits per heavy atom. The van der Waals surface area contributed by atoms with Gasteiger partial charge >= 0.3 is 30.3 Å². The van der Waals surface area contributed by atoms with Gasteiger partial charge in [0.05, 0.1) is 25.7 Å². The van der Waals surface area contributed by atoms with Gasteiger partial charge < -0.3 is 28.7 Å². The molecule has 2 aliphatic heterocycles. The Morgan fingerprint density at radius 2 is 1.12 bits per heavy atom. The Kier molecular flexibility index (Phi) is 16.7. The van der Waals surface area contributed by atoms with Crippen LogP contribution in [0.3, 0.4) is 0 Å². The first kappa shape index (κ1) is 44.0. The predicted molar refractivity (Wildman–Crippen MR) is 210 cm³/mol. The molecule has 2 saturated heterocycles. The molecular formula is C41H66N6O10. The number of amides is 6. The minimum atomic E-state index is -1.10. The van der Waals surface area contributed by atoms with Crippen molar-refractivity contribution in [2.75, 3.05) is 52.5 Å². The summed E-state index contributed by atoms with van der Waals surface area (Å²) in [7, 11) is 0. The predicted octanol–water partition coefficient (Wildman–Crippen LogP) is 6.36. The summed E-state index contributed by atoms with van der Waals surface area (Å²) < 4.78 is 22.2. The third-order valence-corrected chi connectivity index (χ3v) is 11.8. The molecule has 320 valence electrons. The van der Waals surface area contributed by atoms with Gasteiger partial charge in [-0.15, -0.1) is 0 Å². The molecule has 5 rings (SSSR count). The van der Waals surface area contributed by atoms with Crippen molar-refractivity contribution in [1.82, 2.24) is 25.3 Å². The first-order valence-electron chi connectivity index (χ1n) is 21.6. The fourth-order valence-electron chi connectivity index (χ4n) is 8.48. The normalized spacial score (nSPS) is 22.5. The number of carbonyl (C=O) groups excluding carboxylic acids is 6. The van der Waals surface area contributed by atoms with Crippen molar-refractivity contribution in [2.24, 2.45) is 28.7 Å². The maximum atomic E-state index is 13.8. The molecule has 3 saturated carbocycles. The van der Waals surface area contributed by atoms with Crippen molar-refractivity contribution in [3.63, 3.8) is 0 Å². The lowest BCUT2D eigenvalue weighted by molar-refractivity contribution is -0.171. The largest absolute Gasteiger partial charge is 0.464 e. The molecule has 3 aliphatic carbocycles. The molecular weight excluding hydrogens is 736 g/mol. The SMILES string of the molecule is CC(C)(C)OC(=O)N1CCN(C(=O)N2C(=O)[C@H](CCCN=C(NC(=O)OCC3CCCCC3)NC(=O)OCC3CCCCC3)C2C(=O)OCC2CCCCC2)CC1. The van der Waals surface area contributed by atoms with E-state index >= 15 is 0 Å². The molecule has 6 amide bonds. The molecule has 1 unspecified atom stereocenters. The van der Waals surface area contributed by atoms with Crippen LogP contribution in [0.4, 0.5) is 19.2 Å². The molecule has 0 aromatic carbocycles. The number of urea groups is 1. The molecule has 16 heteroatoms. The summed E-state index contributed by atoms with van der Waals surface area (Å²) in [5, 5.41) is 5.10. The number of guanidine groups is 1. The van der Waals surface area contributed by atoms with E-state index in [1.807, 2.05) is 0 Å². The van der Waals surface area contributed by atoms with Crippen molar-refractivity contribution in [2.45, 2.75) is 142 Å². The summed E-state index contributed by atoms with van der Waals surface area (Å²) in [6.45, 7) is 7.07. The molecule has 2 N–H and O–H groups in total. The molecule has 16 nitrogen and oxygen atoms in total. The minimum Gasteiger partial charge on any atom is -0.464 e. The van der Waals surface area contributed by atoms with Gasteiger partial charge in [0.2, 0.25) is 11.9 Å². The molecule has 57 heavy (non-hydrogen) atoms. The van der Waals surface area contributed by atoms with Crippen molar-refractivity contribution in [3.05, 3.63) is 0 Å². The summed E-state index contributed by atoms with van der Waals surface area (Å²) in [6.07, 6.45) is 14.7. The molecule has 2 atom stereocenters. The number of β-lactam (4-membered cyclic amide) rings is 1. The van der Waals surface area contributed by atoms with Crippen LogP contribution in [0.1, 0.15) is 130 Å². The fraction of sp³-hybridized carbons (Fsp3) is 0.829. The van der Waals surface area contributed by atoms with Gasteiger partial charge in [-0.25, -0.2) is 28.9 Å². The van der Waals surface area contributed by atoms with Crippen LogP contribution in [0, 0.1) is 23.7 Å². The monoisotopic (exact) mass is 802 g/mol. The summed E-state index contributed by atoms with van der Waals surface area (Å²) in [6, 6.07) is -1.69. The average Bonchev–Trinajstić information content (AvgIpc) is 3.20. The quantitative estimate of drug-likeness (QED) is 0.0595. The summed E-state index contributed by atoms with van der Waals surface area (Å²) in [5.41, 5.74) is -0.659. The van der Waals surface area contributed by atoms with E-state index in [1.165, 1.54) is 22.6 Å². The maximum Gasteiger partial charge on any atom is 0.413 e. The van der Waals surface area contributed by atoms with Gasteiger partial charge in [0.1, 0.15) is 5.60 Å². The van der Waals surface area contributed by atoms with Crippen LogP contribution in [0.5, 0.6) is 0 Å². The zero-order valence-electron chi connectivity index (χ0n) is 34.4. The Morgan fingerprint density at radius 3 is 1.60 bits per heavy atom. The number of hydrogen-bond donors (Lipinski definition) is 2. The first-order chi connectivity index (χ1) is 27.4.